The number of ether oxygens (including phenoxy) is 1. The van der Waals surface area contributed by atoms with E-state index in [1.165, 1.54) is 19.2 Å². The van der Waals surface area contributed by atoms with Crippen LogP contribution in [0.25, 0.3) is 0 Å². The summed E-state index contributed by atoms with van der Waals surface area (Å²) in [6.45, 7) is 8.30. The molecule has 1 saturated carbocycles. The maximum Gasteiger partial charge on any atom is 0.339 e. The van der Waals surface area contributed by atoms with Crippen molar-refractivity contribution in [2.45, 2.75) is 27.7 Å². The third-order valence-electron chi connectivity index (χ3n) is 4.98. The minimum atomic E-state index is -1.06. The van der Waals surface area contributed by atoms with Gasteiger partial charge in [0.15, 0.2) is 0 Å². The largest absolute Gasteiger partial charge is 0.496 e. The number of carbonyl (C=O) groups is 2. The van der Waals surface area contributed by atoms with Gasteiger partial charge in [0.2, 0.25) is 5.91 Å². The van der Waals surface area contributed by atoms with Gasteiger partial charge in [-0.15, -0.1) is 0 Å². The molecular formula is C16H21NO4. The monoisotopic (exact) mass is 291 g/mol. The van der Waals surface area contributed by atoms with Crippen LogP contribution < -0.4 is 10.1 Å². The minimum Gasteiger partial charge on any atom is -0.496 e. The third-order valence-corrected chi connectivity index (χ3v) is 4.98. The Hall–Kier alpha value is -2.04. The molecule has 0 unspecified atom stereocenters. The second-order valence-corrected chi connectivity index (χ2v) is 6.59. The fraction of sp³-hybridized carbons (Fsp3) is 0.500. The molecule has 1 fully saturated rings. The SMILES string of the molecule is COc1cc(NC(=O)C2C(C)(C)C2(C)C)ccc1C(=O)O. The summed E-state index contributed by atoms with van der Waals surface area (Å²) in [4.78, 5) is 23.4. The summed E-state index contributed by atoms with van der Waals surface area (Å²) in [5, 5.41) is 11.9. The first-order chi connectivity index (χ1) is 9.62. The van der Waals surface area contributed by atoms with E-state index in [2.05, 4.69) is 33.0 Å². The van der Waals surface area contributed by atoms with E-state index in [1.54, 1.807) is 6.07 Å². The van der Waals surface area contributed by atoms with E-state index in [9.17, 15) is 9.59 Å². The molecule has 1 amide bonds. The number of carboxylic acid groups (broad SMARTS) is 1. The predicted octanol–water partition coefficient (Wildman–Crippen LogP) is 3.01. The number of carbonyl (C=O) groups excluding carboxylic acids is 1. The molecule has 2 rings (SSSR count). The summed E-state index contributed by atoms with van der Waals surface area (Å²) in [6.07, 6.45) is 0. The molecule has 21 heavy (non-hydrogen) atoms. The van der Waals surface area contributed by atoms with Crippen molar-refractivity contribution in [3.8, 4) is 5.75 Å². The second-order valence-electron chi connectivity index (χ2n) is 6.59. The standard InChI is InChI=1S/C16H21NO4/c1-15(2)12(16(15,3)4)13(18)17-9-6-7-10(14(19)20)11(8-9)21-5/h6-8,12H,1-5H3,(H,17,18)(H,19,20). The Kier molecular flexibility index (Phi) is 3.48. The van der Waals surface area contributed by atoms with Gasteiger partial charge in [0.25, 0.3) is 0 Å². The van der Waals surface area contributed by atoms with Gasteiger partial charge < -0.3 is 15.2 Å². The number of benzene rings is 1. The summed E-state index contributed by atoms with van der Waals surface area (Å²) in [6, 6.07) is 4.54. The lowest BCUT2D eigenvalue weighted by Crippen LogP contribution is -2.17. The summed E-state index contributed by atoms with van der Waals surface area (Å²) >= 11 is 0. The van der Waals surface area contributed by atoms with Crippen LogP contribution in [0.15, 0.2) is 18.2 Å². The minimum absolute atomic E-state index is 0.0395. The molecule has 2 N–H and O–H groups in total. The normalized spacial score (nSPS) is 18.9. The molecule has 1 aromatic carbocycles. The maximum absolute atomic E-state index is 12.4. The van der Waals surface area contributed by atoms with Crippen molar-refractivity contribution >= 4 is 17.6 Å². The van der Waals surface area contributed by atoms with Crippen LogP contribution >= 0.6 is 0 Å². The van der Waals surface area contributed by atoms with Crippen LogP contribution in [0.4, 0.5) is 5.69 Å². The van der Waals surface area contributed by atoms with E-state index < -0.39 is 5.97 Å². The van der Waals surface area contributed by atoms with Gasteiger partial charge in [-0.2, -0.15) is 0 Å². The summed E-state index contributed by atoms with van der Waals surface area (Å²) < 4.78 is 5.05. The molecule has 0 aliphatic heterocycles. The van der Waals surface area contributed by atoms with Gasteiger partial charge in [0.1, 0.15) is 11.3 Å². The number of carboxylic acids is 1. The molecule has 1 aromatic rings. The molecule has 0 bridgehead atoms. The molecule has 0 saturated heterocycles. The zero-order chi connectivity index (χ0) is 16.0. The quantitative estimate of drug-likeness (QED) is 0.894. The van der Waals surface area contributed by atoms with Crippen LogP contribution in [-0.4, -0.2) is 24.1 Å². The van der Waals surface area contributed by atoms with Gasteiger partial charge in [-0.25, -0.2) is 4.79 Å². The van der Waals surface area contributed by atoms with Crippen molar-refractivity contribution in [1.82, 2.24) is 0 Å². The summed E-state index contributed by atoms with van der Waals surface area (Å²) in [5.74, 6) is -0.936. The Morgan fingerprint density at radius 3 is 2.19 bits per heavy atom. The Morgan fingerprint density at radius 2 is 1.76 bits per heavy atom. The Labute approximate surface area is 124 Å². The number of aromatic carboxylic acids is 1. The highest BCUT2D eigenvalue weighted by atomic mass is 16.5. The third kappa shape index (κ3) is 2.37. The number of rotatable bonds is 4. The summed E-state index contributed by atoms with van der Waals surface area (Å²) in [5.41, 5.74) is 0.535. The molecule has 5 nitrogen and oxygen atoms in total. The predicted molar refractivity (Wildman–Crippen MR) is 79.6 cm³/mol. The van der Waals surface area contributed by atoms with Gasteiger partial charge in [0.05, 0.1) is 7.11 Å². The number of hydrogen-bond donors (Lipinski definition) is 2. The molecule has 1 aliphatic carbocycles. The molecule has 0 radical (unpaired) electrons. The highest BCUT2D eigenvalue weighted by Crippen LogP contribution is 2.68. The highest BCUT2D eigenvalue weighted by molar-refractivity contribution is 5.97. The van der Waals surface area contributed by atoms with Crippen LogP contribution in [0.2, 0.25) is 0 Å². The maximum atomic E-state index is 12.4. The van der Waals surface area contributed by atoms with Crippen LogP contribution in [0.3, 0.4) is 0 Å². The fourth-order valence-corrected chi connectivity index (χ4v) is 3.01. The number of nitrogens with one attached hydrogen (secondary N) is 1. The lowest BCUT2D eigenvalue weighted by molar-refractivity contribution is -0.118. The molecule has 1 aliphatic rings. The topological polar surface area (TPSA) is 75.6 Å². The average Bonchev–Trinajstić information content (AvgIpc) is 2.79. The molecule has 0 heterocycles. The number of amides is 1. The van der Waals surface area contributed by atoms with E-state index in [0.29, 0.717) is 5.69 Å². The van der Waals surface area contributed by atoms with E-state index in [0.717, 1.165) is 0 Å². The molecule has 114 valence electrons. The van der Waals surface area contributed by atoms with Crippen LogP contribution in [-0.2, 0) is 4.79 Å². The lowest BCUT2D eigenvalue weighted by Gasteiger charge is -2.10. The second kappa shape index (κ2) is 4.76. The molecule has 0 aromatic heterocycles. The number of methoxy groups -OCH3 is 1. The first-order valence-electron chi connectivity index (χ1n) is 6.85. The molecule has 0 atom stereocenters. The van der Waals surface area contributed by atoms with Crippen molar-refractivity contribution in [3.05, 3.63) is 23.8 Å². The van der Waals surface area contributed by atoms with E-state index in [4.69, 9.17) is 9.84 Å². The number of anilines is 1. The Morgan fingerprint density at radius 1 is 1.19 bits per heavy atom. The fourth-order valence-electron chi connectivity index (χ4n) is 3.01. The van der Waals surface area contributed by atoms with E-state index in [-0.39, 0.29) is 34.0 Å². The van der Waals surface area contributed by atoms with Gasteiger partial charge in [0, 0.05) is 17.7 Å². The molecular weight excluding hydrogens is 270 g/mol. The average molecular weight is 291 g/mol. The van der Waals surface area contributed by atoms with Crippen LogP contribution in [0.5, 0.6) is 5.75 Å². The zero-order valence-electron chi connectivity index (χ0n) is 13.0. The summed E-state index contributed by atoms with van der Waals surface area (Å²) in [7, 11) is 1.40. The number of hydrogen-bond acceptors (Lipinski definition) is 3. The lowest BCUT2D eigenvalue weighted by atomic mass is 10.0. The van der Waals surface area contributed by atoms with Crippen molar-refractivity contribution in [1.29, 1.82) is 0 Å². The molecule has 5 heteroatoms. The van der Waals surface area contributed by atoms with Crippen LogP contribution in [0, 0.1) is 16.7 Å². The van der Waals surface area contributed by atoms with Crippen molar-refractivity contribution in [2.75, 3.05) is 12.4 Å². The Balaban J connectivity index is 2.18. The highest BCUT2D eigenvalue weighted by Gasteiger charge is 2.68. The van der Waals surface area contributed by atoms with Crippen molar-refractivity contribution < 1.29 is 19.4 Å². The van der Waals surface area contributed by atoms with Crippen molar-refractivity contribution in [3.63, 3.8) is 0 Å². The zero-order valence-corrected chi connectivity index (χ0v) is 13.0. The van der Waals surface area contributed by atoms with E-state index >= 15 is 0 Å². The van der Waals surface area contributed by atoms with Gasteiger partial charge in [-0.05, 0) is 23.0 Å². The van der Waals surface area contributed by atoms with Gasteiger partial charge in [-0.3, -0.25) is 4.79 Å². The Bertz CT molecular complexity index is 590. The van der Waals surface area contributed by atoms with Crippen LogP contribution in [0.1, 0.15) is 38.1 Å². The van der Waals surface area contributed by atoms with Gasteiger partial charge in [-0.1, -0.05) is 27.7 Å². The first kappa shape index (κ1) is 15.4. The van der Waals surface area contributed by atoms with Crippen molar-refractivity contribution in [2.24, 2.45) is 16.7 Å². The smallest absolute Gasteiger partial charge is 0.339 e. The first-order valence-corrected chi connectivity index (χ1v) is 6.85. The van der Waals surface area contributed by atoms with Gasteiger partial charge >= 0.3 is 5.97 Å². The molecule has 0 spiro atoms. The van der Waals surface area contributed by atoms with E-state index in [1.807, 2.05) is 0 Å².